The number of rotatable bonds is 4. The number of hydrogen-bond donors (Lipinski definition) is 1. The third-order valence-corrected chi connectivity index (χ3v) is 5.86. The average Bonchev–Trinajstić information content (AvgIpc) is 2.75. The SMILES string of the molecule is CCN=c1cc2oc3cc(N)c(Br)cc3c(-c3ccccc3C(=O)OCC)c-2cc1C. The van der Waals surface area contributed by atoms with E-state index in [1.165, 1.54) is 0 Å². The molecule has 31 heavy (non-hydrogen) atoms. The first-order valence-electron chi connectivity index (χ1n) is 10.2. The number of carbonyl (C=O) groups is 1. The number of hydrogen-bond acceptors (Lipinski definition) is 5. The third-order valence-electron chi connectivity index (χ3n) is 5.18. The Bertz CT molecular complexity index is 1340. The van der Waals surface area contributed by atoms with Gasteiger partial charge in [0.15, 0.2) is 0 Å². The number of nitrogens with zero attached hydrogens (tertiary/aromatic N) is 1. The standard InChI is InChI=1S/C25H23BrN2O3/c1-4-28-21-13-23-17(10-14(21)3)24(18-11-19(26)20(27)12-22(18)31-23)15-8-6-7-9-16(15)25(29)30-5-2/h6-13H,4-5,27H2,1-3H3. The lowest BCUT2D eigenvalue weighted by atomic mass is 9.90. The molecule has 0 fully saturated rings. The van der Waals surface area contributed by atoms with Gasteiger partial charge in [-0.2, -0.15) is 0 Å². The summed E-state index contributed by atoms with van der Waals surface area (Å²) in [5, 5.41) is 1.73. The van der Waals surface area contributed by atoms with Gasteiger partial charge in [0.2, 0.25) is 0 Å². The number of esters is 1. The van der Waals surface area contributed by atoms with E-state index in [4.69, 9.17) is 14.9 Å². The van der Waals surface area contributed by atoms with Crippen molar-refractivity contribution in [1.29, 1.82) is 0 Å². The molecule has 2 aromatic carbocycles. The van der Waals surface area contributed by atoms with E-state index >= 15 is 0 Å². The van der Waals surface area contributed by atoms with Crippen LogP contribution in [0, 0.1) is 6.92 Å². The van der Waals surface area contributed by atoms with Gasteiger partial charge in [0, 0.05) is 45.4 Å². The monoisotopic (exact) mass is 478 g/mol. The van der Waals surface area contributed by atoms with E-state index in [1.807, 2.05) is 44.2 Å². The smallest absolute Gasteiger partial charge is 0.338 e. The number of nitrogens with two attached hydrogens (primary N) is 1. The fraction of sp³-hybridized carbons (Fsp3) is 0.200. The molecule has 6 heteroatoms. The summed E-state index contributed by atoms with van der Waals surface area (Å²) in [6.07, 6.45) is 0. The van der Waals surface area contributed by atoms with Crippen LogP contribution in [0.25, 0.3) is 33.4 Å². The molecule has 1 aliphatic heterocycles. The van der Waals surface area contributed by atoms with E-state index in [1.54, 1.807) is 19.1 Å². The minimum atomic E-state index is -0.357. The van der Waals surface area contributed by atoms with Crippen molar-refractivity contribution in [3.8, 4) is 22.5 Å². The number of fused-ring (bicyclic) bond motifs is 2. The van der Waals surface area contributed by atoms with Gasteiger partial charge in [-0.3, -0.25) is 4.99 Å². The molecule has 0 saturated carbocycles. The second kappa shape index (κ2) is 8.55. The Morgan fingerprint density at radius 3 is 2.65 bits per heavy atom. The molecule has 0 aromatic heterocycles. The van der Waals surface area contributed by atoms with Crippen LogP contribution in [-0.2, 0) is 4.74 Å². The molecule has 0 amide bonds. The fourth-order valence-electron chi connectivity index (χ4n) is 3.79. The maximum Gasteiger partial charge on any atom is 0.338 e. The minimum absolute atomic E-state index is 0.307. The van der Waals surface area contributed by atoms with Crippen molar-refractivity contribution in [2.75, 3.05) is 18.9 Å². The first-order valence-corrected chi connectivity index (χ1v) is 11.0. The number of aryl methyl sites for hydroxylation is 1. The van der Waals surface area contributed by atoms with E-state index in [2.05, 4.69) is 27.0 Å². The van der Waals surface area contributed by atoms with Crippen molar-refractivity contribution < 1.29 is 13.9 Å². The molecular formula is C25H23BrN2O3. The first-order chi connectivity index (χ1) is 14.9. The van der Waals surface area contributed by atoms with Gasteiger partial charge in [-0.1, -0.05) is 18.2 Å². The molecule has 2 aliphatic rings. The molecule has 0 spiro atoms. The van der Waals surface area contributed by atoms with Crippen molar-refractivity contribution >= 4 is 38.6 Å². The Kier molecular flexibility index (Phi) is 5.83. The Hall–Kier alpha value is -3.12. The molecule has 0 unspecified atom stereocenters. The zero-order chi connectivity index (χ0) is 22.1. The molecular weight excluding hydrogens is 456 g/mol. The predicted octanol–water partition coefficient (Wildman–Crippen LogP) is 5.96. The van der Waals surface area contributed by atoms with Crippen LogP contribution in [0.5, 0.6) is 0 Å². The molecule has 1 heterocycles. The van der Waals surface area contributed by atoms with Gasteiger partial charge in [-0.15, -0.1) is 0 Å². The Labute approximate surface area is 189 Å². The average molecular weight is 479 g/mol. The molecule has 2 aromatic rings. The number of nitrogen functional groups attached to an aromatic ring is 1. The highest BCUT2D eigenvalue weighted by atomic mass is 79.9. The fourth-order valence-corrected chi connectivity index (χ4v) is 4.13. The van der Waals surface area contributed by atoms with Crippen LogP contribution < -0.4 is 11.1 Å². The lowest BCUT2D eigenvalue weighted by molar-refractivity contribution is 0.0527. The van der Waals surface area contributed by atoms with E-state index in [9.17, 15) is 4.79 Å². The summed E-state index contributed by atoms with van der Waals surface area (Å²) in [5.41, 5.74) is 11.5. The summed E-state index contributed by atoms with van der Waals surface area (Å²) in [4.78, 5) is 17.3. The molecule has 5 nitrogen and oxygen atoms in total. The Morgan fingerprint density at radius 1 is 1.13 bits per heavy atom. The van der Waals surface area contributed by atoms with E-state index in [0.29, 0.717) is 35.7 Å². The maximum atomic E-state index is 12.7. The van der Waals surface area contributed by atoms with Gasteiger partial charge in [0.05, 0.1) is 17.5 Å². The number of halogens is 1. The normalized spacial score (nSPS) is 11.9. The van der Waals surface area contributed by atoms with Crippen molar-refractivity contribution in [3.05, 3.63) is 69.5 Å². The molecule has 0 saturated heterocycles. The largest absolute Gasteiger partial charge is 0.462 e. The second-order valence-corrected chi connectivity index (χ2v) is 8.08. The van der Waals surface area contributed by atoms with E-state index < -0.39 is 0 Å². The molecule has 2 N–H and O–H groups in total. The minimum Gasteiger partial charge on any atom is -0.462 e. The third kappa shape index (κ3) is 3.83. The summed E-state index contributed by atoms with van der Waals surface area (Å²) >= 11 is 3.53. The molecule has 4 rings (SSSR count). The zero-order valence-corrected chi connectivity index (χ0v) is 19.2. The van der Waals surface area contributed by atoms with Gasteiger partial charge in [0.1, 0.15) is 11.3 Å². The van der Waals surface area contributed by atoms with Gasteiger partial charge in [0.25, 0.3) is 0 Å². The van der Waals surface area contributed by atoms with Crippen LogP contribution >= 0.6 is 15.9 Å². The number of ether oxygens (including phenoxy) is 1. The highest BCUT2D eigenvalue weighted by molar-refractivity contribution is 9.10. The van der Waals surface area contributed by atoms with Crippen LogP contribution in [0.3, 0.4) is 0 Å². The van der Waals surface area contributed by atoms with Crippen LogP contribution in [0.1, 0.15) is 29.8 Å². The number of benzene rings is 3. The van der Waals surface area contributed by atoms with Gasteiger partial charge >= 0.3 is 5.97 Å². The summed E-state index contributed by atoms with van der Waals surface area (Å²) in [6.45, 7) is 6.81. The Morgan fingerprint density at radius 2 is 1.90 bits per heavy atom. The molecule has 0 atom stereocenters. The zero-order valence-electron chi connectivity index (χ0n) is 17.7. The predicted molar refractivity (Wildman–Crippen MR) is 127 cm³/mol. The van der Waals surface area contributed by atoms with Crippen molar-refractivity contribution in [3.63, 3.8) is 0 Å². The quantitative estimate of drug-likeness (QED) is 0.223. The first kappa shape index (κ1) is 21.1. The van der Waals surface area contributed by atoms with Crippen LogP contribution in [0.2, 0.25) is 0 Å². The molecule has 0 radical (unpaired) electrons. The molecule has 0 bridgehead atoms. The molecule has 1 aliphatic carbocycles. The lowest BCUT2D eigenvalue weighted by Crippen LogP contribution is -2.10. The maximum absolute atomic E-state index is 12.7. The van der Waals surface area contributed by atoms with Gasteiger partial charge in [-0.25, -0.2) is 4.79 Å². The highest BCUT2D eigenvalue weighted by Gasteiger charge is 2.23. The van der Waals surface area contributed by atoms with Crippen molar-refractivity contribution in [2.45, 2.75) is 20.8 Å². The van der Waals surface area contributed by atoms with Crippen molar-refractivity contribution in [1.82, 2.24) is 0 Å². The van der Waals surface area contributed by atoms with E-state index in [-0.39, 0.29) is 5.97 Å². The number of anilines is 1. The summed E-state index contributed by atoms with van der Waals surface area (Å²) < 4.78 is 12.3. The van der Waals surface area contributed by atoms with Crippen LogP contribution in [0.15, 0.2) is 62.4 Å². The van der Waals surface area contributed by atoms with Gasteiger partial charge in [-0.05, 0) is 66.0 Å². The van der Waals surface area contributed by atoms with Gasteiger partial charge < -0.3 is 14.9 Å². The molecule has 158 valence electrons. The van der Waals surface area contributed by atoms with Crippen LogP contribution in [0.4, 0.5) is 5.69 Å². The lowest BCUT2D eigenvalue weighted by Gasteiger charge is -2.19. The number of carbonyl (C=O) groups excluding carboxylic acids is 1. The Balaban J connectivity index is 2.17. The van der Waals surface area contributed by atoms with Crippen LogP contribution in [-0.4, -0.2) is 19.1 Å². The van der Waals surface area contributed by atoms with E-state index in [0.717, 1.165) is 37.5 Å². The topological polar surface area (TPSA) is 77.8 Å². The summed E-state index contributed by atoms with van der Waals surface area (Å²) in [5.74, 6) is 0.324. The second-order valence-electron chi connectivity index (χ2n) is 7.22. The van der Waals surface area contributed by atoms with Crippen molar-refractivity contribution in [2.24, 2.45) is 4.99 Å². The summed E-state index contributed by atoms with van der Waals surface area (Å²) in [7, 11) is 0. The highest BCUT2D eigenvalue weighted by Crippen LogP contribution is 2.43. The summed E-state index contributed by atoms with van der Waals surface area (Å²) in [6, 6.07) is 15.2.